The second-order valence-electron chi connectivity index (χ2n) is 11.0. The maximum absolute atomic E-state index is 13.4. The molecule has 34 heavy (non-hydrogen) atoms. The second kappa shape index (κ2) is 11.7. The molecular formula is C30H42N2O2. The lowest BCUT2D eigenvalue weighted by molar-refractivity contribution is -0.141. The minimum atomic E-state index is -0.501. The smallest absolute Gasteiger partial charge is 0.242 e. The van der Waals surface area contributed by atoms with E-state index in [4.69, 9.17) is 0 Å². The van der Waals surface area contributed by atoms with Crippen molar-refractivity contribution >= 4 is 11.8 Å². The molecule has 4 nitrogen and oxygen atoms in total. The third-order valence-corrected chi connectivity index (χ3v) is 7.04. The third kappa shape index (κ3) is 7.44. The third-order valence-electron chi connectivity index (χ3n) is 7.04. The van der Waals surface area contributed by atoms with Crippen molar-refractivity contribution in [3.05, 3.63) is 70.8 Å². The number of hydrogen-bond donors (Lipinski definition) is 1. The Hall–Kier alpha value is -2.62. The molecule has 0 aliphatic heterocycles. The molecule has 184 valence electrons. The molecule has 2 amide bonds. The van der Waals surface area contributed by atoms with E-state index in [1.807, 2.05) is 19.1 Å². The predicted octanol–water partition coefficient (Wildman–Crippen LogP) is 6.09. The van der Waals surface area contributed by atoms with E-state index in [1.54, 1.807) is 4.90 Å². The van der Waals surface area contributed by atoms with Crippen molar-refractivity contribution in [2.75, 3.05) is 0 Å². The normalized spacial score (nSPS) is 15.6. The summed E-state index contributed by atoms with van der Waals surface area (Å²) in [7, 11) is 0. The van der Waals surface area contributed by atoms with Gasteiger partial charge in [0.1, 0.15) is 6.04 Å². The topological polar surface area (TPSA) is 49.4 Å². The molecule has 2 aromatic carbocycles. The number of carbonyl (C=O) groups excluding carboxylic acids is 2. The van der Waals surface area contributed by atoms with Gasteiger partial charge in [0.25, 0.3) is 0 Å². The van der Waals surface area contributed by atoms with Crippen LogP contribution < -0.4 is 5.32 Å². The molecule has 0 aromatic heterocycles. The summed E-state index contributed by atoms with van der Waals surface area (Å²) in [6, 6.07) is 16.5. The summed E-state index contributed by atoms with van der Waals surface area (Å²) in [5, 5.41) is 3.21. The molecule has 0 saturated heterocycles. The van der Waals surface area contributed by atoms with E-state index in [2.05, 4.69) is 69.4 Å². The summed E-state index contributed by atoms with van der Waals surface area (Å²) in [5.74, 6) is -0.0198. The van der Waals surface area contributed by atoms with Gasteiger partial charge in [-0.15, -0.1) is 0 Å². The van der Waals surface area contributed by atoms with Crippen LogP contribution in [0.5, 0.6) is 0 Å². The van der Waals surface area contributed by atoms with Crippen LogP contribution in [0.25, 0.3) is 0 Å². The average Bonchev–Trinajstić information content (AvgIpc) is 2.82. The average molecular weight is 463 g/mol. The van der Waals surface area contributed by atoms with Gasteiger partial charge in [-0.2, -0.15) is 0 Å². The Morgan fingerprint density at radius 1 is 0.941 bits per heavy atom. The van der Waals surface area contributed by atoms with E-state index >= 15 is 0 Å². The highest BCUT2D eigenvalue weighted by Gasteiger charge is 2.28. The molecule has 0 spiro atoms. The van der Waals surface area contributed by atoms with Crippen LogP contribution in [0.1, 0.15) is 88.5 Å². The lowest BCUT2D eigenvalue weighted by Crippen LogP contribution is -2.50. The zero-order chi connectivity index (χ0) is 24.7. The molecule has 0 bridgehead atoms. The van der Waals surface area contributed by atoms with E-state index in [9.17, 15) is 9.59 Å². The van der Waals surface area contributed by atoms with Crippen LogP contribution in [0.4, 0.5) is 0 Å². The van der Waals surface area contributed by atoms with Crippen LogP contribution in [0, 0.1) is 6.92 Å². The van der Waals surface area contributed by atoms with E-state index in [0.29, 0.717) is 19.4 Å². The molecule has 0 unspecified atom stereocenters. The number of aryl methyl sites for hydroxylation is 2. The minimum absolute atomic E-state index is 0.0202. The van der Waals surface area contributed by atoms with Gasteiger partial charge in [-0.25, -0.2) is 0 Å². The molecule has 1 N–H and O–H groups in total. The zero-order valence-electron chi connectivity index (χ0n) is 21.7. The van der Waals surface area contributed by atoms with Gasteiger partial charge in [-0.3, -0.25) is 9.59 Å². The predicted molar refractivity (Wildman–Crippen MR) is 140 cm³/mol. The summed E-state index contributed by atoms with van der Waals surface area (Å²) in [4.78, 5) is 28.3. The first kappa shape index (κ1) is 26.0. The fourth-order valence-electron chi connectivity index (χ4n) is 4.61. The zero-order valence-corrected chi connectivity index (χ0v) is 21.7. The van der Waals surface area contributed by atoms with Crippen molar-refractivity contribution in [1.82, 2.24) is 10.2 Å². The van der Waals surface area contributed by atoms with Crippen LogP contribution in [0.2, 0.25) is 0 Å². The molecule has 4 heteroatoms. The van der Waals surface area contributed by atoms with Gasteiger partial charge in [0.05, 0.1) is 0 Å². The quantitative estimate of drug-likeness (QED) is 0.516. The molecule has 1 saturated carbocycles. The van der Waals surface area contributed by atoms with Gasteiger partial charge < -0.3 is 10.2 Å². The van der Waals surface area contributed by atoms with Crippen LogP contribution in [0.15, 0.2) is 48.5 Å². The van der Waals surface area contributed by atoms with Crippen LogP contribution in [-0.2, 0) is 28.0 Å². The van der Waals surface area contributed by atoms with Gasteiger partial charge in [0, 0.05) is 19.0 Å². The Balaban J connectivity index is 1.69. The molecule has 1 aliphatic carbocycles. The summed E-state index contributed by atoms with van der Waals surface area (Å²) < 4.78 is 0. The van der Waals surface area contributed by atoms with Gasteiger partial charge in [-0.1, -0.05) is 94.1 Å². The minimum Gasteiger partial charge on any atom is -0.352 e. The molecule has 1 fully saturated rings. The Morgan fingerprint density at radius 3 is 2.12 bits per heavy atom. The Morgan fingerprint density at radius 2 is 1.53 bits per heavy atom. The summed E-state index contributed by atoms with van der Waals surface area (Å²) in [6.07, 6.45) is 6.71. The van der Waals surface area contributed by atoms with Crippen molar-refractivity contribution in [2.45, 2.75) is 104 Å². The number of hydrogen-bond acceptors (Lipinski definition) is 2. The number of amides is 2. The van der Waals surface area contributed by atoms with E-state index < -0.39 is 6.04 Å². The number of carbonyl (C=O) groups is 2. The highest BCUT2D eigenvalue weighted by molar-refractivity contribution is 5.87. The lowest BCUT2D eigenvalue weighted by atomic mass is 9.86. The van der Waals surface area contributed by atoms with Gasteiger partial charge in [0.2, 0.25) is 11.8 Å². The first-order chi connectivity index (χ1) is 16.1. The molecule has 0 heterocycles. The SMILES string of the molecule is Cc1ccc(CN(C(=O)CCc2ccc(C(C)(C)C)cc2)[C@@H](C)C(=O)NC2CCCCC2)cc1. The lowest BCUT2D eigenvalue weighted by Gasteiger charge is -2.31. The monoisotopic (exact) mass is 462 g/mol. The van der Waals surface area contributed by atoms with Crippen molar-refractivity contribution in [3.63, 3.8) is 0 Å². The van der Waals surface area contributed by atoms with Crippen molar-refractivity contribution < 1.29 is 9.59 Å². The van der Waals surface area contributed by atoms with Crippen molar-refractivity contribution in [1.29, 1.82) is 0 Å². The number of benzene rings is 2. The molecular weight excluding hydrogens is 420 g/mol. The molecule has 1 aliphatic rings. The van der Waals surface area contributed by atoms with Gasteiger partial charge >= 0.3 is 0 Å². The highest BCUT2D eigenvalue weighted by atomic mass is 16.2. The van der Waals surface area contributed by atoms with Crippen molar-refractivity contribution in [2.24, 2.45) is 0 Å². The molecule has 3 rings (SSSR count). The van der Waals surface area contributed by atoms with E-state index in [1.165, 1.54) is 30.4 Å². The molecule has 1 atom stereocenters. The Labute approximate surface area is 206 Å². The molecule has 0 radical (unpaired) electrons. The maximum atomic E-state index is 13.4. The number of nitrogens with zero attached hydrogens (tertiary/aromatic N) is 1. The first-order valence-electron chi connectivity index (χ1n) is 12.9. The van der Waals surface area contributed by atoms with Crippen LogP contribution in [0.3, 0.4) is 0 Å². The van der Waals surface area contributed by atoms with Gasteiger partial charge in [0.15, 0.2) is 0 Å². The Bertz CT molecular complexity index is 935. The fraction of sp³-hybridized carbons (Fsp3) is 0.533. The van der Waals surface area contributed by atoms with Crippen LogP contribution in [-0.4, -0.2) is 28.8 Å². The molecule has 2 aromatic rings. The van der Waals surface area contributed by atoms with E-state index in [-0.39, 0.29) is 23.3 Å². The largest absolute Gasteiger partial charge is 0.352 e. The second-order valence-corrected chi connectivity index (χ2v) is 11.0. The van der Waals surface area contributed by atoms with Crippen molar-refractivity contribution in [3.8, 4) is 0 Å². The standard InChI is InChI=1S/C30H42N2O2/c1-22-11-13-25(14-12-22)21-32(23(2)29(34)31-27-9-7-6-8-10-27)28(33)20-17-24-15-18-26(19-16-24)30(3,4)5/h11-16,18-19,23,27H,6-10,17,20-21H2,1-5H3,(H,31,34)/t23-/m0/s1. The van der Waals surface area contributed by atoms with E-state index in [0.717, 1.165) is 24.0 Å². The fourth-order valence-corrected chi connectivity index (χ4v) is 4.61. The Kier molecular flexibility index (Phi) is 8.93. The maximum Gasteiger partial charge on any atom is 0.242 e. The summed E-state index contributed by atoms with van der Waals surface area (Å²) in [6.45, 7) is 11.0. The first-order valence-corrected chi connectivity index (χ1v) is 12.9. The summed E-state index contributed by atoms with van der Waals surface area (Å²) in [5.41, 5.74) is 4.78. The number of rotatable bonds is 8. The van der Waals surface area contributed by atoms with Crippen LogP contribution >= 0.6 is 0 Å². The summed E-state index contributed by atoms with van der Waals surface area (Å²) >= 11 is 0. The number of nitrogens with one attached hydrogen (secondary N) is 1. The van der Waals surface area contributed by atoms with Gasteiger partial charge in [-0.05, 0) is 55.2 Å². The highest BCUT2D eigenvalue weighted by Crippen LogP contribution is 2.23.